The van der Waals surface area contributed by atoms with Crippen molar-refractivity contribution in [3.8, 4) is 5.75 Å². The molecule has 3 aromatic rings. The third-order valence-corrected chi connectivity index (χ3v) is 4.46. The molecule has 0 atom stereocenters. The highest BCUT2D eigenvalue weighted by atomic mass is 32.1. The summed E-state index contributed by atoms with van der Waals surface area (Å²) >= 11 is 1.54. The van der Waals surface area contributed by atoms with Crippen LogP contribution in [-0.4, -0.2) is 10.9 Å². The van der Waals surface area contributed by atoms with Crippen molar-refractivity contribution in [3.05, 3.63) is 76.2 Å². The fourth-order valence-electron chi connectivity index (χ4n) is 2.32. The number of thiazole rings is 1. The Labute approximate surface area is 151 Å². The molecule has 0 radical (unpaired) electrons. The molecule has 0 saturated heterocycles. The Hall–Kier alpha value is -2.66. The van der Waals surface area contributed by atoms with E-state index in [4.69, 9.17) is 4.74 Å². The van der Waals surface area contributed by atoms with Crippen molar-refractivity contribution in [2.75, 3.05) is 5.32 Å². The zero-order valence-corrected chi connectivity index (χ0v) is 15.0. The van der Waals surface area contributed by atoms with Crippen molar-refractivity contribution >= 4 is 22.9 Å². The van der Waals surface area contributed by atoms with Crippen molar-refractivity contribution in [2.24, 2.45) is 0 Å². The van der Waals surface area contributed by atoms with E-state index in [0.29, 0.717) is 23.8 Å². The lowest BCUT2D eigenvalue weighted by molar-refractivity contribution is 0.102. The minimum atomic E-state index is -0.136. The molecule has 3 rings (SSSR count). The Balaban J connectivity index is 1.58. The zero-order valence-electron chi connectivity index (χ0n) is 14.2. The summed E-state index contributed by atoms with van der Waals surface area (Å²) in [6, 6.07) is 15.0. The van der Waals surface area contributed by atoms with Gasteiger partial charge in [-0.05, 0) is 47.9 Å². The number of aromatic nitrogens is 1. The van der Waals surface area contributed by atoms with Gasteiger partial charge in [-0.3, -0.25) is 4.79 Å². The second-order valence-electron chi connectivity index (χ2n) is 6.02. The SMILES string of the molecule is CC(C)c1ccc(NC(=O)c2ccc(OCc3cscn3)cc2)cc1. The number of carbonyl (C=O) groups is 1. The topological polar surface area (TPSA) is 51.2 Å². The minimum Gasteiger partial charge on any atom is -0.487 e. The summed E-state index contributed by atoms with van der Waals surface area (Å²) in [5.74, 6) is 1.05. The molecule has 0 spiro atoms. The predicted molar refractivity (Wildman–Crippen MR) is 101 cm³/mol. The van der Waals surface area contributed by atoms with Crippen molar-refractivity contribution < 1.29 is 9.53 Å². The number of ether oxygens (including phenoxy) is 1. The second-order valence-corrected chi connectivity index (χ2v) is 6.74. The van der Waals surface area contributed by atoms with Gasteiger partial charge in [0.15, 0.2) is 0 Å². The molecule has 0 aliphatic carbocycles. The van der Waals surface area contributed by atoms with Crippen LogP contribution in [0.15, 0.2) is 59.4 Å². The fourth-order valence-corrected chi connectivity index (χ4v) is 2.87. The summed E-state index contributed by atoms with van der Waals surface area (Å²) in [4.78, 5) is 16.5. The molecule has 1 amide bonds. The maximum Gasteiger partial charge on any atom is 0.255 e. The molecule has 0 unspecified atom stereocenters. The molecular formula is C20H20N2O2S. The molecule has 0 fully saturated rings. The molecule has 0 saturated carbocycles. The quantitative estimate of drug-likeness (QED) is 0.671. The molecule has 25 heavy (non-hydrogen) atoms. The summed E-state index contributed by atoms with van der Waals surface area (Å²) in [5.41, 5.74) is 5.31. The minimum absolute atomic E-state index is 0.136. The Bertz CT molecular complexity index is 810. The van der Waals surface area contributed by atoms with Crippen molar-refractivity contribution in [1.82, 2.24) is 4.98 Å². The van der Waals surface area contributed by atoms with E-state index in [1.165, 1.54) is 5.56 Å². The van der Waals surface area contributed by atoms with E-state index < -0.39 is 0 Å². The molecule has 0 bridgehead atoms. The Morgan fingerprint density at radius 1 is 1.12 bits per heavy atom. The molecule has 5 heteroatoms. The molecule has 2 aromatic carbocycles. The normalized spacial score (nSPS) is 10.7. The maximum absolute atomic E-state index is 12.3. The third-order valence-electron chi connectivity index (χ3n) is 3.82. The Morgan fingerprint density at radius 2 is 1.84 bits per heavy atom. The van der Waals surface area contributed by atoms with Gasteiger partial charge < -0.3 is 10.1 Å². The summed E-state index contributed by atoms with van der Waals surface area (Å²) in [5, 5.41) is 4.86. The number of hydrogen-bond donors (Lipinski definition) is 1. The van der Waals surface area contributed by atoms with Crippen LogP contribution in [0.2, 0.25) is 0 Å². The summed E-state index contributed by atoms with van der Waals surface area (Å²) in [6.07, 6.45) is 0. The van der Waals surface area contributed by atoms with Crippen molar-refractivity contribution in [1.29, 1.82) is 0 Å². The van der Waals surface area contributed by atoms with E-state index in [1.807, 2.05) is 29.6 Å². The first kappa shape index (κ1) is 17.2. The molecule has 1 aromatic heterocycles. The van der Waals surface area contributed by atoms with Crippen LogP contribution in [0.3, 0.4) is 0 Å². The van der Waals surface area contributed by atoms with Crippen LogP contribution >= 0.6 is 11.3 Å². The summed E-state index contributed by atoms with van der Waals surface area (Å²) in [6.45, 7) is 4.72. The third kappa shape index (κ3) is 4.67. The number of rotatable bonds is 6. The van der Waals surface area contributed by atoms with Crippen LogP contribution in [0.1, 0.15) is 41.4 Å². The van der Waals surface area contributed by atoms with Gasteiger partial charge >= 0.3 is 0 Å². The van der Waals surface area contributed by atoms with E-state index in [0.717, 1.165) is 11.4 Å². The van der Waals surface area contributed by atoms with Crippen molar-refractivity contribution in [2.45, 2.75) is 26.4 Å². The van der Waals surface area contributed by atoms with Crippen LogP contribution in [-0.2, 0) is 6.61 Å². The lowest BCUT2D eigenvalue weighted by Crippen LogP contribution is -2.11. The average molecular weight is 352 g/mol. The predicted octanol–water partition coefficient (Wildman–Crippen LogP) is 5.10. The number of nitrogens with zero attached hydrogens (tertiary/aromatic N) is 1. The lowest BCUT2D eigenvalue weighted by atomic mass is 10.0. The molecular weight excluding hydrogens is 332 g/mol. The summed E-state index contributed by atoms with van der Waals surface area (Å²) in [7, 11) is 0. The van der Waals surface area contributed by atoms with Crippen LogP contribution in [0.25, 0.3) is 0 Å². The number of anilines is 1. The molecule has 1 heterocycles. The van der Waals surface area contributed by atoms with Gasteiger partial charge in [0, 0.05) is 16.6 Å². The number of carbonyl (C=O) groups excluding carboxylic acids is 1. The van der Waals surface area contributed by atoms with Gasteiger partial charge in [-0.2, -0.15) is 0 Å². The highest BCUT2D eigenvalue weighted by molar-refractivity contribution is 7.07. The van der Waals surface area contributed by atoms with E-state index in [1.54, 1.807) is 41.1 Å². The molecule has 1 N–H and O–H groups in total. The van der Waals surface area contributed by atoms with E-state index in [9.17, 15) is 4.79 Å². The lowest BCUT2D eigenvalue weighted by Gasteiger charge is -2.09. The standard InChI is InChI=1S/C20H20N2O2S/c1-14(2)15-3-7-17(8-4-15)22-20(23)16-5-9-19(10-6-16)24-11-18-12-25-13-21-18/h3-10,12-14H,11H2,1-2H3,(H,22,23). The molecule has 128 valence electrons. The monoisotopic (exact) mass is 352 g/mol. The molecule has 4 nitrogen and oxygen atoms in total. The van der Waals surface area contributed by atoms with Gasteiger partial charge in [0.1, 0.15) is 12.4 Å². The maximum atomic E-state index is 12.3. The first-order valence-corrected chi connectivity index (χ1v) is 9.07. The molecule has 0 aliphatic rings. The first-order chi connectivity index (χ1) is 12.1. The summed E-state index contributed by atoms with van der Waals surface area (Å²) < 4.78 is 5.65. The van der Waals surface area contributed by atoms with Crippen LogP contribution in [0, 0.1) is 0 Å². The fraction of sp³-hybridized carbons (Fsp3) is 0.200. The Morgan fingerprint density at radius 3 is 2.44 bits per heavy atom. The van der Waals surface area contributed by atoms with Crippen LogP contribution in [0.5, 0.6) is 5.75 Å². The van der Waals surface area contributed by atoms with Crippen LogP contribution < -0.4 is 10.1 Å². The van der Waals surface area contributed by atoms with E-state index in [2.05, 4.69) is 24.1 Å². The average Bonchev–Trinajstić information content (AvgIpc) is 3.14. The number of nitrogens with one attached hydrogen (secondary N) is 1. The number of amides is 1. The van der Waals surface area contributed by atoms with E-state index >= 15 is 0 Å². The second kappa shape index (κ2) is 7.94. The highest BCUT2D eigenvalue weighted by Crippen LogP contribution is 2.19. The Kier molecular flexibility index (Phi) is 5.46. The highest BCUT2D eigenvalue weighted by Gasteiger charge is 2.07. The van der Waals surface area contributed by atoms with Gasteiger partial charge in [-0.1, -0.05) is 26.0 Å². The molecule has 0 aliphatic heterocycles. The van der Waals surface area contributed by atoms with Gasteiger partial charge in [-0.25, -0.2) is 4.98 Å². The van der Waals surface area contributed by atoms with E-state index in [-0.39, 0.29) is 5.91 Å². The van der Waals surface area contributed by atoms with Gasteiger partial charge in [-0.15, -0.1) is 11.3 Å². The van der Waals surface area contributed by atoms with Crippen molar-refractivity contribution in [3.63, 3.8) is 0 Å². The van der Waals surface area contributed by atoms with Gasteiger partial charge in [0.25, 0.3) is 5.91 Å². The zero-order chi connectivity index (χ0) is 17.6. The first-order valence-electron chi connectivity index (χ1n) is 8.13. The van der Waals surface area contributed by atoms with Gasteiger partial charge in [0.2, 0.25) is 0 Å². The number of hydrogen-bond acceptors (Lipinski definition) is 4. The van der Waals surface area contributed by atoms with Crippen LogP contribution in [0.4, 0.5) is 5.69 Å². The smallest absolute Gasteiger partial charge is 0.255 e. The largest absolute Gasteiger partial charge is 0.487 e. The number of benzene rings is 2. The van der Waals surface area contributed by atoms with Gasteiger partial charge in [0.05, 0.1) is 11.2 Å².